The number of ether oxygens (including phenoxy) is 1. The van der Waals surface area contributed by atoms with Gasteiger partial charge in [-0.2, -0.15) is 0 Å². The van der Waals surface area contributed by atoms with Crippen LogP contribution in [0.2, 0.25) is 0 Å². The van der Waals surface area contributed by atoms with E-state index in [4.69, 9.17) is 11.2 Å². The maximum absolute atomic E-state index is 13.1. The van der Waals surface area contributed by atoms with Crippen molar-refractivity contribution in [3.8, 4) is 23.8 Å². The first-order chi connectivity index (χ1) is 15.3. The Morgan fingerprint density at radius 2 is 2.03 bits per heavy atom. The minimum Gasteiger partial charge on any atom is -0.508 e. The van der Waals surface area contributed by atoms with E-state index in [9.17, 15) is 9.50 Å². The Kier molecular flexibility index (Phi) is 6.49. The average Bonchev–Trinajstić information content (AvgIpc) is 2.74. The monoisotopic (exact) mass is 435 g/mol. The van der Waals surface area contributed by atoms with Crippen LogP contribution in [0.25, 0.3) is 0 Å². The molecule has 1 fully saturated rings. The van der Waals surface area contributed by atoms with Crippen molar-refractivity contribution in [2.45, 2.75) is 63.9 Å². The standard InChI is InChI=1S/C28H34FNO2/c1-5-14-30-15-13-24-23(18-30)27-25(31)16-21(17-26(27)32-28(24,3)4)19(2)7-6-8-20-9-11-22(29)12-10-20/h1,9-12,16-17,19,23-24,31H,6-8,13-15,18H2,2-4H3. The third-order valence-corrected chi connectivity index (χ3v) is 7.38. The van der Waals surface area contributed by atoms with Crippen molar-refractivity contribution in [1.29, 1.82) is 0 Å². The van der Waals surface area contributed by atoms with Gasteiger partial charge in [0.05, 0.1) is 6.54 Å². The smallest absolute Gasteiger partial charge is 0.127 e. The van der Waals surface area contributed by atoms with Crippen LogP contribution in [-0.2, 0) is 6.42 Å². The highest BCUT2D eigenvalue weighted by Crippen LogP contribution is 2.52. The number of benzene rings is 2. The Morgan fingerprint density at radius 3 is 2.75 bits per heavy atom. The van der Waals surface area contributed by atoms with E-state index in [-0.39, 0.29) is 17.3 Å². The molecule has 2 aliphatic rings. The lowest BCUT2D eigenvalue weighted by Gasteiger charge is -2.49. The summed E-state index contributed by atoms with van der Waals surface area (Å²) in [6, 6.07) is 10.8. The van der Waals surface area contributed by atoms with Crippen LogP contribution in [-0.4, -0.2) is 35.2 Å². The lowest BCUT2D eigenvalue weighted by molar-refractivity contribution is -0.0222. The third kappa shape index (κ3) is 4.64. The van der Waals surface area contributed by atoms with Crippen LogP contribution >= 0.6 is 0 Å². The maximum atomic E-state index is 13.1. The Morgan fingerprint density at radius 1 is 1.28 bits per heavy atom. The van der Waals surface area contributed by atoms with Gasteiger partial charge in [0, 0.05) is 23.9 Å². The van der Waals surface area contributed by atoms with Gasteiger partial charge in [-0.05, 0) is 87.4 Å². The highest BCUT2D eigenvalue weighted by Gasteiger charge is 2.47. The Balaban J connectivity index is 1.51. The molecule has 2 heterocycles. The van der Waals surface area contributed by atoms with Gasteiger partial charge in [-0.3, -0.25) is 4.90 Å². The lowest BCUT2D eigenvalue weighted by Crippen LogP contribution is -2.52. The van der Waals surface area contributed by atoms with Gasteiger partial charge in [-0.25, -0.2) is 4.39 Å². The van der Waals surface area contributed by atoms with Gasteiger partial charge in [0.15, 0.2) is 0 Å². The molecule has 1 N–H and O–H groups in total. The number of rotatable bonds is 6. The number of hydrogen-bond donors (Lipinski definition) is 1. The van der Waals surface area contributed by atoms with E-state index in [0.29, 0.717) is 24.1 Å². The van der Waals surface area contributed by atoms with E-state index in [1.165, 1.54) is 12.1 Å². The van der Waals surface area contributed by atoms with Gasteiger partial charge < -0.3 is 9.84 Å². The first-order valence-electron chi connectivity index (χ1n) is 11.7. The van der Waals surface area contributed by atoms with Crippen molar-refractivity contribution in [2.24, 2.45) is 5.92 Å². The molecule has 0 bridgehead atoms. The van der Waals surface area contributed by atoms with Crippen molar-refractivity contribution in [3.63, 3.8) is 0 Å². The molecule has 4 rings (SSSR count). The zero-order valence-corrected chi connectivity index (χ0v) is 19.4. The molecule has 0 saturated carbocycles. The van der Waals surface area contributed by atoms with Crippen LogP contribution in [0, 0.1) is 24.1 Å². The summed E-state index contributed by atoms with van der Waals surface area (Å²) in [5.74, 6) is 4.60. The predicted molar refractivity (Wildman–Crippen MR) is 127 cm³/mol. The van der Waals surface area contributed by atoms with Crippen molar-refractivity contribution < 1.29 is 14.2 Å². The Bertz CT molecular complexity index is 992. The van der Waals surface area contributed by atoms with Crippen molar-refractivity contribution in [3.05, 3.63) is 58.9 Å². The van der Waals surface area contributed by atoms with E-state index in [1.807, 2.05) is 18.2 Å². The highest BCUT2D eigenvalue weighted by atomic mass is 19.1. The molecule has 1 saturated heterocycles. The molecule has 3 nitrogen and oxygen atoms in total. The van der Waals surface area contributed by atoms with Crippen LogP contribution in [0.3, 0.4) is 0 Å². The molecule has 0 aromatic heterocycles. The molecule has 0 aliphatic carbocycles. The van der Waals surface area contributed by atoms with Gasteiger partial charge >= 0.3 is 0 Å². The first-order valence-corrected chi connectivity index (χ1v) is 11.7. The molecular weight excluding hydrogens is 401 g/mol. The molecule has 32 heavy (non-hydrogen) atoms. The van der Waals surface area contributed by atoms with E-state index in [0.717, 1.165) is 61.2 Å². The summed E-state index contributed by atoms with van der Waals surface area (Å²) in [7, 11) is 0. The minimum absolute atomic E-state index is 0.197. The maximum Gasteiger partial charge on any atom is 0.127 e. The highest BCUT2D eigenvalue weighted by molar-refractivity contribution is 5.52. The number of aromatic hydroxyl groups is 1. The quantitative estimate of drug-likeness (QED) is 0.576. The van der Waals surface area contributed by atoms with E-state index in [2.05, 4.69) is 37.7 Å². The van der Waals surface area contributed by atoms with Gasteiger partial charge in [0.1, 0.15) is 22.9 Å². The number of halogens is 1. The summed E-state index contributed by atoms with van der Waals surface area (Å²) in [6.45, 7) is 8.99. The Labute approximate surface area is 191 Å². The van der Waals surface area contributed by atoms with Crippen molar-refractivity contribution >= 4 is 0 Å². The molecule has 0 spiro atoms. The summed E-state index contributed by atoms with van der Waals surface area (Å²) < 4.78 is 19.6. The molecule has 0 amide bonds. The minimum atomic E-state index is -0.281. The van der Waals surface area contributed by atoms with E-state index in [1.54, 1.807) is 0 Å². The van der Waals surface area contributed by atoms with Crippen LogP contribution in [0.15, 0.2) is 36.4 Å². The summed E-state index contributed by atoms with van der Waals surface area (Å²) in [4.78, 5) is 2.30. The molecule has 3 unspecified atom stereocenters. The van der Waals surface area contributed by atoms with Crippen LogP contribution in [0.1, 0.15) is 68.6 Å². The van der Waals surface area contributed by atoms with Crippen LogP contribution < -0.4 is 4.74 Å². The number of terminal acetylenes is 1. The second kappa shape index (κ2) is 9.16. The largest absolute Gasteiger partial charge is 0.508 e. The molecule has 2 aliphatic heterocycles. The van der Waals surface area contributed by atoms with Gasteiger partial charge in [0.2, 0.25) is 0 Å². The fourth-order valence-corrected chi connectivity index (χ4v) is 5.58. The normalized spacial score (nSPS) is 22.8. The van der Waals surface area contributed by atoms with Crippen LogP contribution in [0.4, 0.5) is 4.39 Å². The zero-order valence-electron chi connectivity index (χ0n) is 19.4. The molecule has 170 valence electrons. The predicted octanol–water partition coefficient (Wildman–Crippen LogP) is 5.87. The fourth-order valence-electron chi connectivity index (χ4n) is 5.58. The number of phenols is 1. The summed E-state index contributed by atoms with van der Waals surface area (Å²) in [5.41, 5.74) is 2.91. The summed E-state index contributed by atoms with van der Waals surface area (Å²) in [5, 5.41) is 11.1. The first kappa shape index (κ1) is 22.7. The number of likely N-dealkylation sites (tertiary alicyclic amines) is 1. The number of nitrogens with zero attached hydrogens (tertiary/aromatic N) is 1. The van der Waals surface area contributed by atoms with E-state index >= 15 is 0 Å². The lowest BCUT2D eigenvalue weighted by atomic mass is 9.69. The SMILES string of the molecule is C#CCN1CCC2C(C1)c1c(O)cc(C(C)CCCc3ccc(F)cc3)cc1OC2(C)C. The average molecular weight is 436 g/mol. The van der Waals surface area contributed by atoms with Gasteiger partial charge in [-0.15, -0.1) is 6.42 Å². The molecule has 3 atom stereocenters. The second-order valence-corrected chi connectivity index (χ2v) is 10.0. The second-order valence-electron chi connectivity index (χ2n) is 10.0. The van der Waals surface area contributed by atoms with Gasteiger partial charge in [0.25, 0.3) is 0 Å². The number of phenolic OH excluding ortho intramolecular Hbond substituents is 1. The number of aryl methyl sites for hydroxylation is 1. The molecule has 2 aromatic carbocycles. The molecular formula is C28H34FNO2. The van der Waals surface area contributed by atoms with Gasteiger partial charge in [-0.1, -0.05) is 25.0 Å². The number of fused-ring (bicyclic) bond motifs is 3. The molecule has 0 radical (unpaired) electrons. The van der Waals surface area contributed by atoms with Crippen molar-refractivity contribution in [2.75, 3.05) is 19.6 Å². The summed E-state index contributed by atoms with van der Waals surface area (Å²) >= 11 is 0. The number of hydrogen-bond acceptors (Lipinski definition) is 3. The molecule has 2 aromatic rings. The van der Waals surface area contributed by atoms with Crippen LogP contribution in [0.5, 0.6) is 11.5 Å². The fraction of sp³-hybridized carbons (Fsp3) is 0.500. The zero-order chi connectivity index (χ0) is 22.9. The Hall–Kier alpha value is -2.51. The number of piperidine rings is 1. The van der Waals surface area contributed by atoms with Crippen molar-refractivity contribution in [1.82, 2.24) is 4.90 Å². The summed E-state index contributed by atoms with van der Waals surface area (Å²) in [6.07, 6.45) is 9.48. The van der Waals surface area contributed by atoms with E-state index < -0.39 is 0 Å². The topological polar surface area (TPSA) is 32.7 Å². The molecule has 4 heteroatoms. The third-order valence-electron chi connectivity index (χ3n) is 7.38.